The summed E-state index contributed by atoms with van der Waals surface area (Å²) in [5.41, 5.74) is 2.12. The summed E-state index contributed by atoms with van der Waals surface area (Å²) in [6.45, 7) is 1.37. The number of benzene rings is 1. The molecule has 1 aliphatic carbocycles. The van der Waals surface area contributed by atoms with Gasteiger partial charge in [-0.05, 0) is 48.9 Å². The Bertz CT molecular complexity index is 819. The normalized spacial score (nSPS) is 24.6. The second-order valence-electron chi connectivity index (χ2n) is 7.75. The lowest BCUT2D eigenvalue weighted by molar-refractivity contribution is -0.124. The van der Waals surface area contributed by atoms with E-state index in [1.54, 1.807) is 12.1 Å². The van der Waals surface area contributed by atoms with Crippen LogP contribution in [0, 0.1) is 11.8 Å². The maximum atomic E-state index is 12.6. The molecule has 3 N–H and O–H groups in total. The Morgan fingerprint density at radius 3 is 2.85 bits per heavy atom. The molecule has 1 aromatic carbocycles. The van der Waals surface area contributed by atoms with Gasteiger partial charge in [-0.2, -0.15) is 0 Å². The van der Waals surface area contributed by atoms with Crippen LogP contribution in [0.15, 0.2) is 27.4 Å². The van der Waals surface area contributed by atoms with E-state index in [4.69, 9.17) is 4.42 Å². The lowest BCUT2D eigenvalue weighted by Gasteiger charge is -2.36. The average molecular weight is 357 g/mol. The van der Waals surface area contributed by atoms with E-state index in [9.17, 15) is 9.59 Å². The largest absolute Gasteiger partial charge is 0.417 e. The van der Waals surface area contributed by atoms with Crippen LogP contribution in [0.25, 0.3) is 11.1 Å². The molecule has 1 aliphatic heterocycles. The van der Waals surface area contributed by atoms with Gasteiger partial charge in [0.1, 0.15) is 0 Å². The zero-order valence-electron chi connectivity index (χ0n) is 15.1. The summed E-state index contributed by atoms with van der Waals surface area (Å²) in [6, 6.07) is 5.41. The van der Waals surface area contributed by atoms with Crippen molar-refractivity contribution in [2.75, 3.05) is 6.54 Å². The fraction of sp³-hybridized carbons (Fsp3) is 0.600. The first kappa shape index (κ1) is 17.3. The molecule has 2 atom stereocenters. The molecule has 0 spiro atoms. The van der Waals surface area contributed by atoms with E-state index in [0.29, 0.717) is 23.6 Å². The van der Waals surface area contributed by atoms with Crippen LogP contribution in [0.3, 0.4) is 0 Å². The molecule has 0 radical (unpaired) electrons. The molecule has 2 fully saturated rings. The number of aromatic nitrogens is 1. The molecule has 2 heterocycles. The van der Waals surface area contributed by atoms with Crippen molar-refractivity contribution in [1.29, 1.82) is 0 Å². The van der Waals surface area contributed by atoms with Crippen LogP contribution in [-0.4, -0.2) is 23.5 Å². The Hall–Kier alpha value is -2.08. The Morgan fingerprint density at radius 2 is 2.00 bits per heavy atom. The summed E-state index contributed by atoms with van der Waals surface area (Å²) in [6.07, 6.45) is 8.88. The van der Waals surface area contributed by atoms with Crippen molar-refractivity contribution < 1.29 is 9.21 Å². The van der Waals surface area contributed by atoms with Gasteiger partial charge in [-0.15, -0.1) is 0 Å². The van der Waals surface area contributed by atoms with Gasteiger partial charge in [-0.3, -0.25) is 9.78 Å². The van der Waals surface area contributed by atoms with Gasteiger partial charge in [-0.1, -0.05) is 38.2 Å². The van der Waals surface area contributed by atoms with Crippen LogP contribution >= 0.6 is 0 Å². The molecular weight excluding hydrogens is 330 g/mol. The highest BCUT2D eigenvalue weighted by molar-refractivity contribution is 5.82. The van der Waals surface area contributed by atoms with E-state index >= 15 is 0 Å². The first-order valence-corrected chi connectivity index (χ1v) is 9.82. The number of aromatic amines is 1. The second kappa shape index (κ2) is 7.66. The molecule has 0 bridgehead atoms. The molecule has 2 unspecified atom stereocenters. The Balaban J connectivity index is 1.33. The number of amides is 1. The SMILES string of the molecule is O=C(NCc1ccc2[nH]c(=O)oc2c1)C1CC(C2CCCCC2)CCN1. The van der Waals surface area contributed by atoms with Crippen molar-refractivity contribution in [3.05, 3.63) is 34.3 Å². The van der Waals surface area contributed by atoms with Crippen LogP contribution in [0.4, 0.5) is 0 Å². The summed E-state index contributed by atoms with van der Waals surface area (Å²) < 4.78 is 5.08. The van der Waals surface area contributed by atoms with Crippen molar-refractivity contribution in [2.45, 2.75) is 57.5 Å². The first-order valence-electron chi connectivity index (χ1n) is 9.82. The average Bonchev–Trinajstić information content (AvgIpc) is 3.06. The van der Waals surface area contributed by atoms with Gasteiger partial charge in [0, 0.05) is 6.54 Å². The zero-order valence-corrected chi connectivity index (χ0v) is 15.1. The molecule has 1 amide bonds. The lowest BCUT2D eigenvalue weighted by atomic mass is 9.74. The Morgan fingerprint density at radius 1 is 1.15 bits per heavy atom. The molecule has 1 saturated carbocycles. The van der Waals surface area contributed by atoms with E-state index in [1.165, 1.54) is 38.5 Å². The fourth-order valence-electron chi connectivity index (χ4n) is 4.59. The quantitative estimate of drug-likeness (QED) is 0.785. The summed E-state index contributed by atoms with van der Waals surface area (Å²) in [5, 5.41) is 6.41. The third-order valence-corrected chi connectivity index (χ3v) is 6.03. The number of nitrogens with one attached hydrogen (secondary N) is 3. The smallest absolute Gasteiger partial charge is 0.408 e. The number of hydrogen-bond donors (Lipinski definition) is 3. The highest BCUT2D eigenvalue weighted by atomic mass is 16.4. The van der Waals surface area contributed by atoms with Gasteiger partial charge in [0.2, 0.25) is 5.91 Å². The zero-order chi connectivity index (χ0) is 17.9. The third kappa shape index (κ3) is 3.85. The van der Waals surface area contributed by atoms with Crippen molar-refractivity contribution in [3.63, 3.8) is 0 Å². The standard InChI is InChI=1S/C20H27N3O3/c24-19(17-11-15(8-9-21-17)14-4-2-1-3-5-14)22-12-13-6-7-16-18(10-13)26-20(25)23-16/h6-7,10,14-15,17,21H,1-5,8-9,11-12H2,(H,22,24)(H,23,25). The fourth-order valence-corrected chi connectivity index (χ4v) is 4.59. The number of carbonyl (C=O) groups excluding carboxylic acids is 1. The minimum atomic E-state index is -0.457. The van der Waals surface area contributed by atoms with Gasteiger partial charge in [0.25, 0.3) is 0 Å². The molecule has 6 nitrogen and oxygen atoms in total. The molecule has 1 saturated heterocycles. The molecule has 6 heteroatoms. The van der Waals surface area contributed by atoms with Gasteiger partial charge < -0.3 is 15.1 Å². The predicted octanol–water partition coefficient (Wildman–Crippen LogP) is 2.69. The second-order valence-corrected chi connectivity index (χ2v) is 7.75. The molecule has 140 valence electrons. The number of oxazole rings is 1. The number of fused-ring (bicyclic) bond motifs is 1. The molecule has 2 aliphatic rings. The summed E-state index contributed by atoms with van der Waals surface area (Å²) in [4.78, 5) is 26.5. The van der Waals surface area contributed by atoms with Gasteiger partial charge in [-0.25, -0.2) is 4.79 Å². The minimum Gasteiger partial charge on any atom is -0.408 e. The monoisotopic (exact) mass is 357 g/mol. The van der Waals surface area contributed by atoms with E-state index in [-0.39, 0.29) is 11.9 Å². The van der Waals surface area contributed by atoms with Crippen molar-refractivity contribution >= 4 is 17.0 Å². The first-order chi connectivity index (χ1) is 12.7. The molecule has 26 heavy (non-hydrogen) atoms. The van der Waals surface area contributed by atoms with E-state index in [2.05, 4.69) is 15.6 Å². The number of rotatable bonds is 4. The number of carbonyl (C=O) groups is 1. The summed E-state index contributed by atoms with van der Waals surface area (Å²) in [5.74, 6) is 1.10. The maximum Gasteiger partial charge on any atom is 0.417 e. The van der Waals surface area contributed by atoms with Crippen LogP contribution in [0.1, 0.15) is 50.5 Å². The predicted molar refractivity (Wildman–Crippen MR) is 99.8 cm³/mol. The van der Waals surface area contributed by atoms with Crippen molar-refractivity contribution in [3.8, 4) is 0 Å². The minimum absolute atomic E-state index is 0.0705. The molecular formula is C20H27N3O3. The van der Waals surface area contributed by atoms with Crippen LogP contribution < -0.4 is 16.4 Å². The van der Waals surface area contributed by atoms with Gasteiger partial charge in [0.15, 0.2) is 5.58 Å². The molecule has 4 rings (SSSR count). The van der Waals surface area contributed by atoms with Crippen LogP contribution in [0.2, 0.25) is 0 Å². The third-order valence-electron chi connectivity index (χ3n) is 6.03. The Kier molecular flexibility index (Phi) is 5.11. The summed E-state index contributed by atoms with van der Waals surface area (Å²) in [7, 11) is 0. The number of hydrogen-bond acceptors (Lipinski definition) is 4. The van der Waals surface area contributed by atoms with Crippen LogP contribution in [-0.2, 0) is 11.3 Å². The van der Waals surface area contributed by atoms with Crippen molar-refractivity contribution in [2.24, 2.45) is 11.8 Å². The summed E-state index contributed by atoms with van der Waals surface area (Å²) >= 11 is 0. The van der Waals surface area contributed by atoms with E-state index < -0.39 is 5.76 Å². The van der Waals surface area contributed by atoms with E-state index in [0.717, 1.165) is 24.4 Å². The highest BCUT2D eigenvalue weighted by Crippen LogP contribution is 2.35. The van der Waals surface area contributed by atoms with Gasteiger partial charge >= 0.3 is 5.76 Å². The van der Waals surface area contributed by atoms with Gasteiger partial charge in [0.05, 0.1) is 11.6 Å². The topological polar surface area (TPSA) is 87.1 Å². The lowest BCUT2D eigenvalue weighted by Crippen LogP contribution is -2.49. The Labute approximate surface area is 152 Å². The maximum absolute atomic E-state index is 12.6. The highest BCUT2D eigenvalue weighted by Gasteiger charge is 2.31. The van der Waals surface area contributed by atoms with Crippen LogP contribution in [0.5, 0.6) is 0 Å². The molecule has 1 aromatic heterocycles. The van der Waals surface area contributed by atoms with E-state index in [1.807, 2.05) is 6.07 Å². The van der Waals surface area contributed by atoms with Crippen molar-refractivity contribution in [1.82, 2.24) is 15.6 Å². The molecule has 2 aromatic rings. The number of H-pyrrole nitrogens is 1. The number of piperidine rings is 1.